The van der Waals surface area contributed by atoms with Gasteiger partial charge in [-0.2, -0.15) is 0 Å². The number of hydrogen-bond acceptors (Lipinski definition) is 5. The molecule has 0 saturated carbocycles. The van der Waals surface area contributed by atoms with Gasteiger partial charge in [-0.05, 0) is 18.9 Å². The second-order valence-electron chi connectivity index (χ2n) is 4.43. The van der Waals surface area contributed by atoms with Gasteiger partial charge in [0.15, 0.2) is 0 Å². The Morgan fingerprint density at radius 3 is 2.57 bits per heavy atom. The van der Waals surface area contributed by atoms with Gasteiger partial charge in [0.25, 0.3) is 0 Å². The fraction of sp³-hybridized carbons (Fsp3) is 0.357. The van der Waals surface area contributed by atoms with Crippen molar-refractivity contribution in [2.24, 2.45) is 0 Å². The number of amides is 1. The van der Waals surface area contributed by atoms with Crippen LogP contribution >= 0.6 is 11.3 Å². The molecule has 0 unspecified atom stereocenters. The Morgan fingerprint density at radius 1 is 1.38 bits per heavy atom. The molecule has 1 aromatic rings. The van der Waals surface area contributed by atoms with E-state index in [1.807, 2.05) is 13.8 Å². The summed E-state index contributed by atoms with van der Waals surface area (Å²) in [4.78, 5) is 34.8. The average molecular weight is 311 g/mol. The zero-order chi connectivity index (χ0) is 16.0. The van der Waals surface area contributed by atoms with Crippen LogP contribution in [0.25, 0.3) is 0 Å². The Bertz CT molecular complexity index is 574. The Labute approximate surface area is 126 Å². The molecule has 7 heteroatoms. The zero-order valence-corrected chi connectivity index (χ0v) is 12.8. The van der Waals surface area contributed by atoms with Gasteiger partial charge in [0.1, 0.15) is 5.00 Å². The molecule has 0 bridgehead atoms. The van der Waals surface area contributed by atoms with Crippen LogP contribution in [0.2, 0.25) is 0 Å². The highest BCUT2D eigenvalue weighted by molar-refractivity contribution is 7.16. The lowest BCUT2D eigenvalue weighted by Gasteiger charge is -2.03. The van der Waals surface area contributed by atoms with E-state index in [1.165, 1.54) is 11.3 Å². The summed E-state index contributed by atoms with van der Waals surface area (Å²) in [5, 5.41) is 11.3. The number of ether oxygens (including phenoxy) is 1. The third-order valence-electron chi connectivity index (χ3n) is 2.43. The molecule has 0 radical (unpaired) electrons. The lowest BCUT2D eigenvalue weighted by molar-refractivity contribution is -0.131. The van der Waals surface area contributed by atoms with E-state index in [-0.39, 0.29) is 18.1 Å². The number of hydrogen-bond donors (Lipinski definition) is 2. The molecule has 6 nitrogen and oxygen atoms in total. The molecule has 1 rings (SSSR count). The van der Waals surface area contributed by atoms with Crippen molar-refractivity contribution in [2.45, 2.75) is 26.7 Å². The lowest BCUT2D eigenvalue weighted by atomic mass is 10.1. The molecule has 0 spiro atoms. The number of carbonyl (C=O) groups is 3. The Morgan fingerprint density at radius 2 is 2.05 bits per heavy atom. The summed E-state index contributed by atoms with van der Waals surface area (Å²) in [5.41, 5.74) is 0.280. The number of esters is 1. The van der Waals surface area contributed by atoms with E-state index in [0.29, 0.717) is 5.00 Å². The van der Waals surface area contributed by atoms with Gasteiger partial charge in [0, 0.05) is 17.0 Å². The number of thiophene rings is 1. The smallest absolute Gasteiger partial charge is 0.341 e. The molecule has 21 heavy (non-hydrogen) atoms. The first kappa shape index (κ1) is 16.9. The fourth-order valence-electron chi connectivity index (χ4n) is 1.45. The number of nitrogens with one attached hydrogen (secondary N) is 1. The highest BCUT2D eigenvalue weighted by Gasteiger charge is 2.19. The normalized spacial score (nSPS) is 10.9. The van der Waals surface area contributed by atoms with Crippen LogP contribution in [0, 0.1) is 0 Å². The highest BCUT2D eigenvalue weighted by Crippen LogP contribution is 2.33. The highest BCUT2D eigenvalue weighted by atomic mass is 32.1. The monoisotopic (exact) mass is 311 g/mol. The Balaban J connectivity index is 3.01. The third-order valence-corrected chi connectivity index (χ3v) is 3.78. The lowest BCUT2D eigenvalue weighted by Crippen LogP contribution is -2.12. The molecule has 0 aliphatic heterocycles. The zero-order valence-electron chi connectivity index (χ0n) is 12.0. The minimum absolute atomic E-state index is 0.198. The van der Waals surface area contributed by atoms with E-state index >= 15 is 0 Å². The molecule has 0 aliphatic carbocycles. The quantitative estimate of drug-likeness (QED) is 0.622. The van der Waals surface area contributed by atoms with Crippen molar-refractivity contribution in [1.82, 2.24) is 0 Å². The number of carboxylic acid groups (broad SMARTS) is 1. The van der Waals surface area contributed by atoms with E-state index in [0.717, 1.165) is 17.0 Å². The SMILES string of the molecule is CCOC(=O)c1cc(C(C)C)sc1NC(=O)C=CC(=O)O. The van der Waals surface area contributed by atoms with Crippen LogP contribution in [0.1, 0.15) is 41.9 Å². The maximum atomic E-state index is 11.9. The van der Waals surface area contributed by atoms with Crippen LogP contribution in [-0.2, 0) is 14.3 Å². The van der Waals surface area contributed by atoms with Crippen LogP contribution in [-0.4, -0.2) is 29.6 Å². The third kappa shape index (κ3) is 5.03. The van der Waals surface area contributed by atoms with Crippen molar-refractivity contribution >= 4 is 34.2 Å². The molecule has 0 aliphatic rings. The Kier molecular flexibility index (Phi) is 6.10. The first-order chi connectivity index (χ1) is 9.85. The van der Waals surface area contributed by atoms with Gasteiger partial charge in [0.2, 0.25) is 5.91 Å². The largest absolute Gasteiger partial charge is 0.478 e. The van der Waals surface area contributed by atoms with Crippen molar-refractivity contribution < 1.29 is 24.2 Å². The van der Waals surface area contributed by atoms with Gasteiger partial charge in [-0.15, -0.1) is 11.3 Å². The van der Waals surface area contributed by atoms with E-state index < -0.39 is 17.8 Å². The van der Waals surface area contributed by atoms with Gasteiger partial charge in [-0.25, -0.2) is 9.59 Å². The summed E-state index contributed by atoms with van der Waals surface area (Å²) in [7, 11) is 0. The first-order valence-electron chi connectivity index (χ1n) is 6.38. The van der Waals surface area contributed by atoms with Crippen LogP contribution in [0.5, 0.6) is 0 Å². The molecular formula is C14H17NO5S. The van der Waals surface area contributed by atoms with Gasteiger partial charge >= 0.3 is 11.9 Å². The van der Waals surface area contributed by atoms with Crippen molar-refractivity contribution in [3.8, 4) is 0 Å². The van der Waals surface area contributed by atoms with E-state index in [1.54, 1.807) is 13.0 Å². The molecule has 0 fully saturated rings. The fourth-order valence-corrected chi connectivity index (χ4v) is 2.50. The van der Waals surface area contributed by atoms with Gasteiger partial charge < -0.3 is 15.2 Å². The number of carbonyl (C=O) groups excluding carboxylic acids is 2. The molecule has 0 aromatic carbocycles. The minimum atomic E-state index is -1.22. The molecule has 114 valence electrons. The minimum Gasteiger partial charge on any atom is -0.478 e. The molecular weight excluding hydrogens is 294 g/mol. The van der Waals surface area contributed by atoms with E-state index in [9.17, 15) is 14.4 Å². The molecule has 0 atom stereocenters. The summed E-state index contributed by atoms with van der Waals surface area (Å²) in [6, 6.07) is 1.68. The summed E-state index contributed by atoms with van der Waals surface area (Å²) < 4.78 is 4.95. The van der Waals surface area contributed by atoms with Crippen molar-refractivity contribution in [3.63, 3.8) is 0 Å². The summed E-state index contributed by atoms with van der Waals surface area (Å²) >= 11 is 1.27. The summed E-state index contributed by atoms with van der Waals surface area (Å²) in [6.07, 6.45) is 1.63. The molecule has 1 heterocycles. The van der Waals surface area contributed by atoms with Gasteiger partial charge in [-0.1, -0.05) is 13.8 Å². The maximum absolute atomic E-state index is 11.9. The number of rotatable bonds is 6. The van der Waals surface area contributed by atoms with E-state index in [4.69, 9.17) is 9.84 Å². The molecule has 2 N–H and O–H groups in total. The predicted octanol–water partition coefficient (Wildman–Crippen LogP) is 2.63. The van der Waals surface area contributed by atoms with Gasteiger partial charge in [0.05, 0.1) is 12.2 Å². The summed E-state index contributed by atoms with van der Waals surface area (Å²) in [5.74, 6) is -2.15. The average Bonchev–Trinajstić information content (AvgIpc) is 2.81. The van der Waals surface area contributed by atoms with Crippen LogP contribution < -0.4 is 5.32 Å². The number of aliphatic carboxylic acids is 1. The van der Waals surface area contributed by atoms with Crippen molar-refractivity contribution in [1.29, 1.82) is 0 Å². The molecule has 0 saturated heterocycles. The molecule has 1 aromatic heterocycles. The topological polar surface area (TPSA) is 92.7 Å². The second kappa shape index (κ2) is 7.58. The van der Waals surface area contributed by atoms with Crippen LogP contribution in [0.4, 0.5) is 5.00 Å². The summed E-state index contributed by atoms with van der Waals surface area (Å²) in [6.45, 7) is 5.87. The Hall–Kier alpha value is -2.15. The second-order valence-corrected chi connectivity index (χ2v) is 5.51. The predicted molar refractivity (Wildman–Crippen MR) is 79.8 cm³/mol. The molecule has 1 amide bonds. The van der Waals surface area contributed by atoms with Crippen LogP contribution in [0.3, 0.4) is 0 Å². The van der Waals surface area contributed by atoms with Crippen molar-refractivity contribution in [2.75, 3.05) is 11.9 Å². The first-order valence-corrected chi connectivity index (χ1v) is 7.19. The standard InChI is InChI=1S/C14H17NO5S/c1-4-20-14(19)9-7-10(8(2)3)21-13(9)15-11(16)5-6-12(17)18/h5-8H,4H2,1-3H3,(H,15,16)(H,17,18). The van der Waals surface area contributed by atoms with E-state index in [2.05, 4.69) is 5.32 Å². The maximum Gasteiger partial charge on any atom is 0.341 e. The van der Waals surface area contributed by atoms with Crippen molar-refractivity contribution in [3.05, 3.63) is 28.7 Å². The van der Waals surface area contributed by atoms with Gasteiger partial charge in [-0.3, -0.25) is 4.79 Å². The van der Waals surface area contributed by atoms with Crippen LogP contribution in [0.15, 0.2) is 18.2 Å². The number of anilines is 1. The number of carboxylic acids is 1.